The molecule has 0 aliphatic carbocycles. The molecule has 120 valence electrons. The summed E-state index contributed by atoms with van der Waals surface area (Å²) in [6.07, 6.45) is 4.86. The van der Waals surface area contributed by atoms with Gasteiger partial charge in [-0.2, -0.15) is 15.0 Å². The molecule has 1 aliphatic heterocycles. The van der Waals surface area contributed by atoms with E-state index in [0.29, 0.717) is 17.8 Å². The molecule has 1 aromatic heterocycles. The highest BCUT2D eigenvalue weighted by Gasteiger charge is 2.32. The molecule has 1 aliphatic rings. The SMILES string of the molecule is CC(=O)[C@@H]1CC[C@@H](C)N(C(=O)c2ccccc2-n2nccn2)C1. The van der Waals surface area contributed by atoms with Gasteiger partial charge in [-0.3, -0.25) is 9.59 Å². The third-order valence-electron chi connectivity index (χ3n) is 4.49. The summed E-state index contributed by atoms with van der Waals surface area (Å²) in [6.45, 7) is 4.12. The van der Waals surface area contributed by atoms with Crippen molar-refractivity contribution in [2.75, 3.05) is 6.54 Å². The molecule has 1 amide bonds. The number of hydrogen-bond donors (Lipinski definition) is 0. The fourth-order valence-corrected chi connectivity index (χ4v) is 3.05. The maximum Gasteiger partial charge on any atom is 0.256 e. The van der Waals surface area contributed by atoms with Crippen LogP contribution >= 0.6 is 0 Å². The Hall–Kier alpha value is -2.50. The first-order valence-electron chi connectivity index (χ1n) is 7.85. The molecule has 3 rings (SSSR count). The van der Waals surface area contributed by atoms with E-state index in [0.717, 1.165) is 12.8 Å². The molecule has 2 heterocycles. The number of benzene rings is 1. The van der Waals surface area contributed by atoms with Gasteiger partial charge in [0.25, 0.3) is 5.91 Å². The van der Waals surface area contributed by atoms with E-state index in [9.17, 15) is 9.59 Å². The summed E-state index contributed by atoms with van der Waals surface area (Å²) < 4.78 is 0. The van der Waals surface area contributed by atoms with Gasteiger partial charge in [0.2, 0.25) is 0 Å². The number of amides is 1. The largest absolute Gasteiger partial charge is 0.335 e. The van der Waals surface area contributed by atoms with Gasteiger partial charge >= 0.3 is 0 Å². The summed E-state index contributed by atoms with van der Waals surface area (Å²) in [7, 11) is 0. The average molecular weight is 312 g/mol. The minimum absolute atomic E-state index is 0.0647. The smallest absolute Gasteiger partial charge is 0.256 e. The van der Waals surface area contributed by atoms with E-state index in [-0.39, 0.29) is 23.7 Å². The molecule has 0 bridgehead atoms. The number of carbonyl (C=O) groups is 2. The molecule has 0 N–H and O–H groups in total. The number of rotatable bonds is 3. The highest BCUT2D eigenvalue weighted by Crippen LogP contribution is 2.25. The van der Waals surface area contributed by atoms with Crippen LogP contribution in [0.2, 0.25) is 0 Å². The van der Waals surface area contributed by atoms with Crippen molar-refractivity contribution in [1.82, 2.24) is 19.9 Å². The maximum absolute atomic E-state index is 13.0. The van der Waals surface area contributed by atoms with Crippen LogP contribution in [0.4, 0.5) is 0 Å². The number of carbonyl (C=O) groups excluding carboxylic acids is 2. The molecule has 2 atom stereocenters. The summed E-state index contributed by atoms with van der Waals surface area (Å²) in [5.41, 5.74) is 1.21. The van der Waals surface area contributed by atoms with Crippen LogP contribution in [-0.4, -0.2) is 44.2 Å². The van der Waals surface area contributed by atoms with Gasteiger partial charge in [0, 0.05) is 18.5 Å². The zero-order valence-electron chi connectivity index (χ0n) is 13.3. The summed E-state index contributed by atoms with van der Waals surface area (Å²) in [6, 6.07) is 7.41. The van der Waals surface area contributed by atoms with Crippen LogP contribution in [0.5, 0.6) is 0 Å². The number of ketones is 1. The standard InChI is InChI=1S/C17H20N4O2/c1-12-7-8-14(13(2)22)11-20(12)17(23)15-5-3-4-6-16(15)21-18-9-10-19-21/h3-6,9-10,12,14H,7-8,11H2,1-2H3/t12-,14-/m1/s1. The van der Waals surface area contributed by atoms with Crippen LogP contribution in [0.3, 0.4) is 0 Å². The van der Waals surface area contributed by atoms with E-state index >= 15 is 0 Å². The van der Waals surface area contributed by atoms with Gasteiger partial charge in [0.1, 0.15) is 5.78 Å². The van der Waals surface area contributed by atoms with Crippen molar-refractivity contribution in [3.05, 3.63) is 42.2 Å². The molecule has 23 heavy (non-hydrogen) atoms. The number of hydrogen-bond acceptors (Lipinski definition) is 4. The first-order chi connectivity index (χ1) is 11.1. The van der Waals surface area contributed by atoms with Crippen molar-refractivity contribution in [3.63, 3.8) is 0 Å². The summed E-state index contributed by atoms with van der Waals surface area (Å²) in [5.74, 6) is 0.0122. The van der Waals surface area contributed by atoms with E-state index in [2.05, 4.69) is 10.2 Å². The molecule has 0 unspecified atom stereocenters. The van der Waals surface area contributed by atoms with Gasteiger partial charge in [-0.1, -0.05) is 12.1 Å². The van der Waals surface area contributed by atoms with E-state index in [1.54, 1.807) is 30.3 Å². The first kappa shape index (κ1) is 15.4. The van der Waals surface area contributed by atoms with E-state index in [1.165, 1.54) is 4.80 Å². The molecule has 1 fully saturated rings. The highest BCUT2D eigenvalue weighted by molar-refractivity contribution is 5.98. The van der Waals surface area contributed by atoms with Gasteiger partial charge in [0.05, 0.1) is 23.6 Å². The second kappa shape index (κ2) is 6.32. The molecule has 6 heteroatoms. The summed E-state index contributed by atoms with van der Waals surface area (Å²) in [5, 5.41) is 8.24. The lowest BCUT2D eigenvalue weighted by molar-refractivity contribution is -0.122. The highest BCUT2D eigenvalue weighted by atomic mass is 16.2. The lowest BCUT2D eigenvalue weighted by atomic mass is 9.90. The molecular weight excluding hydrogens is 292 g/mol. The van der Waals surface area contributed by atoms with Crippen molar-refractivity contribution >= 4 is 11.7 Å². The number of nitrogens with zero attached hydrogens (tertiary/aromatic N) is 4. The average Bonchev–Trinajstić information content (AvgIpc) is 3.09. The van der Waals surface area contributed by atoms with Gasteiger partial charge in [-0.15, -0.1) is 0 Å². The molecular formula is C17H20N4O2. The molecule has 1 aromatic carbocycles. The normalized spacial score (nSPS) is 21.2. The van der Waals surface area contributed by atoms with Crippen LogP contribution in [0.1, 0.15) is 37.0 Å². The van der Waals surface area contributed by atoms with Crippen molar-refractivity contribution in [2.24, 2.45) is 5.92 Å². The van der Waals surface area contributed by atoms with Crippen LogP contribution in [0.25, 0.3) is 5.69 Å². The fourth-order valence-electron chi connectivity index (χ4n) is 3.05. The predicted molar refractivity (Wildman–Crippen MR) is 85.3 cm³/mol. The zero-order valence-corrected chi connectivity index (χ0v) is 13.3. The Balaban J connectivity index is 1.92. The summed E-state index contributed by atoms with van der Waals surface area (Å²) >= 11 is 0. The molecule has 0 saturated carbocycles. The Bertz CT molecular complexity index is 711. The van der Waals surface area contributed by atoms with E-state index in [1.807, 2.05) is 25.1 Å². The van der Waals surface area contributed by atoms with E-state index < -0.39 is 0 Å². The minimum atomic E-state index is -0.0728. The number of aromatic nitrogens is 3. The van der Waals surface area contributed by atoms with Crippen LogP contribution in [0.15, 0.2) is 36.7 Å². The number of likely N-dealkylation sites (tertiary alicyclic amines) is 1. The molecule has 0 radical (unpaired) electrons. The number of Topliss-reactive ketones (excluding diaryl/α,β-unsaturated/α-hetero) is 1. The molecule has 2 aromatic rings. The van der Waals surface area contributed by atoms with Crippen molar-refractivity contribution in [3.8, 4) is 5.69 Å². The topological polar surface area (TPSA) is 68.1 Å². The van der Waals surface area contributed by atoms with Gasteiger partial charge in [-0.25, -0.2) is 0 Å². The van der Waals surface area contributed by atoms with Crippen LogP contribution in [-0.2, 0) is 4.79 Å². The Morgan fingerprint density at radius 1 is 1.13 bits per heavy atom. The second-order valence-corrected chi connectivity index (χ2v) is 6.03. The minimum Gasteiger partial charge on any atom is -0.335 e. The van der Waals surface area contributed by atoms with Crippen molar-refractivity contribution < 1.29 is 9.59 Å². The van der Waals surface area contributed by atoms with Gasteiger partial charge < -0.3 is 4.90 Å². The fraction of sp³-hybridized carbons (Fsp3) is 0.412. The Morgan fingerprint density at radius 2 is 1.83 bits per heavy atom. The first-order valence-corrected chi connectivity index (χ1v) is 7.85. The second-order valence-electron chi connectivity index (χ2n) is 6.03. The van der Waals surface area contributed by atoms with Gasteiger partial charge in [-0.05, 0) is 38.8 Å². The third kappa shape index (κ3) is 3.02. The lowest BCUT2D eigenvalue weighted by Gasteiger charge is -2.37. The van der Waals surface area contributed by atoms with Crippen LogP contribution in [0, 0.1) is 5.92 Å². The summed E-state index contributed by atoms with van der Waals surface area (Å²) in [4.78, 5) is 28.0. The van der Waals surface area contributed by atoms with Crippen molar-refractivity contribution in [2.45, 2.75) is 32.7 Å². The molecule has 0 spiro atoms. The monoisotopic (exact) mass is 312 g/mol. The Labute approximate surface area is 135 Å². The molecule has 6 nitrogen and oxygen atoms in total. The third-order valence-corrected chi connectivity index (χ3v) is 4.49. The lowest BCUT2D eigenvalue weighted by Crippen LogP contribution is -2.47. The Kier molecular flexibility index (Phi) is 4.23. The Morgan fingerprint density at radius 3 is 2.52 bits per heavy atom. The number of piperidine rings is 1. The predicted octanol–water partition coefficient (Wildman–Crippen LogP) is 2.10. The van der Waals surface area contributed by atoms with Crippen LogP contribution < -0.4 is 0 Å². The van der Waals surface area contributed by atoms with Crippen molar-refractivity contribution in [1.29, 1.82) is 0 Å². The van der Waals surface area contributed by atoms with E-state index in [4.69, 9.17) is 0 Å². The number of para-hydroxylation sites is 1. The maximum atomic E-state index is 13.0. The quantitative estimate of drug-likeness (QED) is 0.870. The zero-order chi connectivity index (χ0) is 16.4. The van der Waals surface area contributed by atoms with Gasteiger partial charge in [0.15, 0.2) is 0 Å². The molecule has 1 saturated heterocycles.